The summed E-state index contributed by atoms with van der Waals surface area (Å²) in [6.45, 7) is -1.08. The summed E-state index contributed by atoms with van der Waals surface area (Å²) in [4.78, 5) is 0. The van der Waals surface area contributed by atoms with E-state index in [0.717, 1.165) is 0 Å². The molecule has 4 atom stereocenters. The number of aliphatic hydroxyl groups is 5. The Hall–Kier alpha value is -0.280. The van der Waals surface area contributed by atoms with Crippen LogP contribution in [0, 0.1) is 0 Å². The average Bonchev–Trinajstić information content (AvgIpc) is 2.14. The van der Waals surface area contributed by atoms with E-state index in [2.05, 4.69) is 0 Å². The van der Waals surface area contributed by atoms with E-state index in [-0.39, 0.29) is 6.54 Å². The minimum absolute atomic E-state index is 0.351. The van der Waals surface area contributed by atoms with Crippen LogP contribution in [0.1, 0.15) is 0 Å². The summed E-state index contributed by atoms with van der Waals surface area (Å²) in [6, 6.07) is 0. The maximum Gasteiger partial charge on any atom is 0.111 e. The maximum absolute atomic E-state index is 9.10. The SMILES string of the molecule is OC[C@@H](O)[C@@H](O)[C@H](O)[C@@H](O)CNO. The molecule has 7 nitrogen and oxygen atoms in total. The molecule has 0 bridgehead atoms. The molecule has 7 N–H and O–H groups in total. The Labute approximate surface area is 74.8 Å². The second-order valence-corrected chi connectivity index (χ2v) is 2.66. The van der Waals surface area contributed by atoms with Gasteiger partial charge in [-0.15, -0.1) is 0 Å². The van der Waals surface area contributed by atoms with E-state index in [0.29, 0.717) is 0 Å². The third-order valence-corrected chi connectivity index (χ3v) is 1.63. The lowest BCUT2D eigenvalue weighted by Crippen LogP contribution is -2.48. The van der Waals surface area contributed by atoms with E-state index in [4.69, 9.17) is 30.7 Å². The molecule has 0 heterocycles. The van der Waals surface area contributed by atoms with E-state index in [9.17, 15) is 0 Å². The Balaban J connectivity index is 3.99. The van der Waals surface area contributed by atoms with Crippen molar-refractivity contribution in [3.63, 3.8) is 0 Å². The van der Waals surface area contributed by atoms with E-state index in [1.165, 1.54) is 0 Å². The highest BCUT2D eigenvalue weighted by Crippen LogP contribution is 2.04. The van der Waals surface area contributed by atoms with Gasteiger partial charge in [-0.05, 0) is 0 Å². The van der Waals surface area contributed by atoms with Gasteiger partial charge in [-0.1, -0.05) is 0 Å². The normalized spacial score (nSPS) is 20.8. The molecule has 0 fully saturated rings. The molecule has 0 aliphatic carbocycles. The van der Waals surface area contributed by atoms with Crippen LogP contribution in [0.4, 0.5) is 0 Å². The van der Waals surface area contributed by atoms with Crippen molar-refractivity contribution in [2.45, 2.75) is 24.4 Å². The Kier molecular flexibility index (Phi) is 6.08. The fourth-order valence-electron chi connectivity index (χ4n) is 0.777. The Bertz CT molecular complexity index is 134. The summed E-state index contributed by atoms with van der Waals surface area (Å²) in [5, 5.41) is 52.6. The molecule has 0 rings (SSSR count). The van der Waals surface area contributed by atoms with Gasteiger partial charge in [0.25, 0.3) is 0 Å². The predicted octanol–water partition coefficient (Wildman–Crippen LogP) is -3.60. The van der Waals surface area contributed by atoms with Crippen LogP contribution in [0.2, 0.25) is 0 Å². The van der Waals surface area contributed by atoms with Crippen molar-refractivity contribution in [2.75, 3.05) is 13.2 Å². The van der Waals surface area contributed by atoms with Gasteiger partial charge in [0, 0.05) is 6.54 Å². The lowest BCUT2D eigenvalue weighted by Gasteiger charge is -2.24. The van der Waals surface area contributed by atoms with E-state index in [1.807, 2.05) is 0 Å². The zero-order chi connectivity index (χ0) is 10.4. The molecule has 13 heavy (non-hydrogen) atoms. The molecule has 0 amide bonds. The first kappa shape index (κ1) is 12.7. The van der Waals surface area contributed by atoms with Gasteiger partial charge in [-0.2, -0.15) is 0 Å². The molecule has 0 spiro atoms. The van der Waals surface area contributed by atoms with Gasteiger partial charge in [0.05, 0.1) is 12.7 Å². The van der Waals surface area contributed by atoms with Crippen LogP contribution >= 0.6 is 0 Å². The van der Waals surface area contributed by atoms with Crippen molar-refractivity contribution in [3.05, 3.63) is 0 Å². The van der Waals surface area contributed by atoms with Gasteiger partial charge in [0.2, 0.25) is 0 Å². The highest BCUT2D eigenvalue weighted by Gasteiger charge is 2.29. The molecule has 0 unspecified atom stereocenters. The van der Waals surface area contributed by atoms with Gasteiger partial charge in [0.1, 0.15) is 18.3 Å². The zero-order valence-corrected chi connectivity index (χ0v) is 6.91. The van der Waals surface area contributed by atoms with Crippen molar-refractivity contribution in [2.24, 2.45) is 0 Å². The van der Waals surface area contributed by atoms with Crippen LogP contribution in [-0.4, -0.2) is 68.3 Å². The minimum Gasteiger partial charge on any atom is -0.394 e. The van der Waals surface area contributed by atoms with Crippen molar-refractivity contribution >= 4 is 0 Å². The molecular weight excluding hydrogens is 182 g/mol. The Morgan fingerprint density at radius 3 is 1.77 bits per heavy atom. The summed E-state index contributed by atoms with van der Waals surface area (Å²) in [5.41, 5.74) is 1.59. The van der Waals surface area contributed by atoms with Crippen LogP contribution < -0.4 is 5.48 Å². The molecule has 0 aliphatic rings. The van der Waals surface area contributed by atoms with E-state index in [1.54, 1.807) is 5.48 Å². The highest BCUT2D eigenvalue weighted by molar-refractivity contribution is 4.80. The minimum atomic E-state index is -1.66. The molecule has 0 saturated carbocycles. The van der Waals surface area contributed by atoms with Crippen LogP contribution in [-0.2, 0) is 0 Å². The summed E-state index contributed by atoms with van der Waals surface area (Å²) < 4.78 is 0. The van der Waals surface area contributed by atoms with Crippen LogP contribution in [0.25, 0.3) is 0 Å². The van der Waals surface area contributed by atoms with E-state index < -0.39 is 31.0 Å². The topological polar surface area (TPSA) is 133 Å². The number of hydrogen-bond acceptors (Lipinski definition) is 7. The summed E-state index contributed by atoms with van der Waals surface area (Å²) in [5.74, 6) is 0. The first-order valence-electron chi connectivity index (χ1n) is 3.74. The Morgan fingerprint density at radius 2 is 1.38 bits per heavy atom. The highest BCUT2D eigenvalue weighted by atomic mass is 16.5. The zero-order valence-electron chi connectivity index (χ0n) is 6.91. The first-order valence-corrected chi connectivity index (χ1v) is 3.74. The molecule has 0 saturated heterocycles. The van der Waals surface area contributed by atoms with Gasteiger partial charge in [-0.25, -0.2) is 5.48 Å². The van der Waals surface area contributed by atoms with Gasteiger partial charge >= 0.3 is 0 Å². The molecule has 7 heteroatoms. The van der Waals surface area contributed by atoms with Gasteiger partial charge in [-0.3, -0.25) is 0 Å². The molecule has 0 aromatic carbocycles. The molecule has 0 radical (unpaired) electrons. The number of hydrogen-bond donors (Lipinski definition) is 7. The number of nitrogens with one attached hydrogen (secondary N) is 1. The monoisotopic (exact) mass is 197 g/mol. The standard InChI is InChI=1S/C6H15NO6/c8-2-4(10)6(12)5(11)3(9)1-7-13/h3-13H,1-2H2/t3-,4+,5+,6+/m0/s1. The fraction of sp³-hybridized carbons (Fsp3) is 1.00. The molecule has 0 aromatic rings. The smallest absolute Gasteiger partial charge is 0.111 e. The maximum atomic E-state index is 9.10. The van der Waals surface area contributed by atoms with Gasteiger partial charge in [0.15, 0.2) is 0 Å². The lowest BCUT2D eigenvalue weighted by molar-refractivity contribution is -0.118. The number of rotatable bonds is 6. The predicted molar refractivity (Wildman–Crippen MR) is 40.9 cm³/mol. The van der Waals surface area contributed by atoms with Gasteiger partial charge < -0.3 is 30.7 Å². The fourth-order valence-corrected chi connectivity index (χ4v) is 0.777. The second kappa shape index (κ2) is 6.22. The average molecular weight is 197 g/mol. The molecular formula is C6H15NO6. The third-order valence-electron chi connectivity index (χ3n) is 1.63. The molecule has 0 aliphatic heterocycles. The largest absolute Gasteiger partial charge is 0.394 e. The van der Waals surface area contributed by atoms with E-state index >= 15 is 0 Å². The Morgan fingerprint density at radius 1 is 0.923 bits per heavy atom. The van der Waals surface area contributed by atoms with Crippen molar-refractivity contribution in [3.8, 4) is 0 Å². The van der Waals surface area contributed by atoms with Crippen LogP contribution in [0.3, 0.4) is 0 Å². The van der Waals surface area contributed by atoms with Crippen molar-refractivity contribution < 1.29 is 30.7 Å². The summed E-state index contributed by atoms with van der Waals surface area (Å²) >= 11 is 0. The molecule has 0 aromatic heterocycles. The van der Waals surface area contributed by atoms with Crippen LogP contribution in [0.15, 0.2) is 0 Å². The first-order chi connectivity index (χ1) is 6.04. The number of hydroxylamine groups is 1. The van der Waals surface area contributed by atoms with Crippen molar-refractivity contribution in [1.29, 1.82) is 0 Å². The lowest BCUT2D eigenvalue weighted by atomic mass is 10.0. The number of aliphatic hydroxyl groups excluding tert-OH is 5. The van der Waals surface area contributed by atoms with Crippen LogP contribution in [0.5, 0.6) is 0 Å². The summed E-state index contributed by atoms with van der Waals surface area (Å²) in [7, 11) is 0. The second-order valence-electron chi connectivity index (χ2n) is 2.66. The third kappa shape index (κ3) is 3.96. The quantitative estimate of drug-likeness (QED) is 0.219. The molecule has 80 valence electrons. The summed E-state index contributed by atoms with van der Waals surface area (Å²) in [6.07, 6.45) is -6.25. The van der Waals surface area contributed by atoms with Crippen molar-refractivity contribution in [1.82, 2.24) is 5.48 Å².